The molecule has 0 bridgehead atoms. The number of amides is 1. The number of carbonyl (C=O) groups is 2. The molecule has 4 nitrogen and oxygen atoms in total. The summed E-state index contributed by atoms with van der Waals surface area (Å²) in [5.41, 5.74) is 3.63. The van der Waals surface area contributed by atoms with Crippen LogP contribution in [0.4, 0.5) is 5.69 Å². The fraction of sp³-hybridized carbons (Fsp3) is 0.263. The van der Waals surface area contributed by atoms with E-state index >= 15 is 0 Å². The Hall–Kier alpha value is -2.27. The highest BCUT2D eigenvalue weighted by atomic mass is 32.2. The largest absolute Gasteiger partial charge is 0.462 e. The van der Waals surface area contributed by atoms with Gasteiger partial charge in [-0.2, -0.15) is 0 Å². The highest BCUT2D eigenvalue weighted by Gasteiger charge is 2.07. The highest BCUT2D eigenvalue weighted by molar-refractivity contribution is 7.99. The molecule has 2 aromatic carbocycles. The number of thioether (sulfide) groups is 1. The average Bonchev–Trinajstić information content (AvgIpc) is 2.57. The lowest BCUT2D eigenvalue weighted by atomic mass is 10.1. The number of nitrogens with one attached hydrogen (secondary N) is 1. The summed E-state index contributed by atoms with van der Waals surface area (Å²) in [7, 11) is 0. The first kappa shape index (κ1) is 18.1. The van der Waals surface area contributed by atoms with Gasteiger partial charge in [0.05, 0.1) is 17.9 Å². The molecule has 0 spiro atoms. The van der Waals surface area contributed by atoms with Crippen molar-refractivity contribution in [2.24, 2.45) is 0 Å². The molecule has 0 fully saturated rings. The summed E-state index contributed by atoms with van der Waals surface area (Å²) >= 11 is 1.58. The van der Waals surface area contributed by atoms with E-state index in [2.05, 4.69) is 24.4 Å². The third kappa shape index (κ3) is 5.42. The molecule has 2 rings (SSSR count). The van der Waals surface area contributed by atoms with Gasteiger partial charge in [-0.25, -0.2) is 4.79 Å². The Morgan fingerprint density at radius 3 is 2.46 bits per heavy atom. The van der Waals surface area contributed by atoms with Gasteiger partial charge in [-0.1, -0.05) is 24.3 Å². The zero-order valence-electron chi connectivity index (χ0n) is 13.9. The number of carbonyl (C=O) groups excluding carboxylic acids is 2. The molecule has 0 aliphatic carbocycles. The fourth-order valence-electron chi connectivity index (χ4n) is 2.13. The van der Waals surface area contributed by atoms with Gasteiger partial charge in [-0.3, -0.25) is 4.79 Å². The molecule has 0 aliphatic heterocycles. The SMILES string of the molecule is CCOC(=O)c1ccc(NC(=O)CSCc2ccccc2C)cc1. The van der Waals surface area contributed by atoms with Crippen LogP contribution in [0.15, 0.2) is 48.5 Å². The molecule has 0 radical (unpaired) electrons. The summed E-state index contributed by atoms with van der Waals surface area (Å²) in [6.45, 7) is 4.18. The van der Waals surface area contributed by atoms with E-state index < -0.39 is 0 Å². The van der Waals surface area contributed by atoms with Crippen LogP contribution in [-0.4, -0.2) is 24.2 Å². The van der Waals surface area contributed by atoms with E-state index in [0.29, 0.717) is 23.6 Å². The summed E-state index contributed by atoms with van der Waals surface area (Å²) in [6.07, 6.45) is 0. The molecule has 5 heteroatoms. The number of esters is 1. The third-order valence-electron chi connectivity index (χ3n) is 3.43. The number of benzene rings is 2. The van der Waals surface area contributed by atoms with Gasteiger partial charge in [-0.05, 0) is 49.2 Å². The molecule has 0 saturated carbocycles. The van der Waals surface area contributed by atoms with Gasteiger partial charge in [-0.15, -0.1) is 11.8 Å². The Kier molecular flexibility index (Phi) is 6.88. The second-order valence-electron chi connectivity index (χ2n) is 5.27. The molecule has 0 saturated heterocycles. The number of hydrogen-bond donors (Lipinski definition) is 1. The maximum absolute atomic E-state index is 12.0. The van der Waals surface area contributed by atoms with Crippen LogP contribution < -0.4 is 5.32 Å². The number of anilines is 1. The monoisotopic (exact) mass is 343 g/mol. The van der Waals surface area contributed by atoms with E-state index in [0.717, 1.165) is 5.75 Å². The van der Waals surface area contributed by atoms with Gasteiger partial charge in [0.15, 0.2) is 0 Å². The predicted octanol–water partition coefficient (Wildman–Crippen LogP) is 4.04. The number of rotatable bonds is 7. The van der Waals surface area contributed by atoms with Crippen LogP contribution in [0, 0.1) is 6.92 Å². The van der Waals surface area contributed by atoms with Crippen LogP contribution in [0.25, 0.3) is 0 Å². The molecule has 1 amide bonds. The Balaban J connectivity index is 1.80. The molecule has 0 unspecified atom stereocenters. The van der Waals surface area contributed by atoms with E-state index in [9.17, 15) is 9.59 Å². The highest BCUT2D eigenvalue weighted by Crippen LogP contribution is 2.16. The standard InChI is InChI=1S/C19H21NO3S/c1-3-23-19(22)15-8-10-17(11-9-15)20-18(21)13-24-12-16-7-5-4-6-14(16)2/h4-11H,3,12-13H2,1-2H3,(H,20,21). The Labute approximate surface area is 146 Å². The topological polar surface area (TPSA) is 55.4 Å². The minimum atomic E-state index is -0.357. The number of ether oxygens (including phenoxy) is 1. The van der Waals surface area contributed by atoms with Gasteiger partial charge in [0, 0.05) is 11.4 Å². The predicted molar refractivity (Wildman–Crippen MR) is 98.4 cm³/mol. The molecule has 0 atom stereocenters. The van der Waals surface area contributed by atoms with E-state index in [1.807, 2.05) is 12.1 Å². The summed E-state index contributed by atoms with van der Waals surface area (Å²) in [5, 5.41) is 2.83. The first-order chi connectivity index (χ1) is 11.6. The van der Waals surface area contributed by atoms with Crippen molar-refractivity contribution in [2.45, 2.75) is 19.6 Å². The molecule has 0 heterocycles. The molecular weight excluding hydrogens is 322 g/mol. The van der Waals surface area contributed by atoms with Crippen molar-refractivity contribution in [1.82, 2.24) is 0 Å². The minimum absolute atomic E-state index is 0.0579. The summed E-state index contributed by atoms with van der Waals surface area (Å²) in [4.78, 5) is 23.6. The summed E-state index contributed by atoms with van der Waals surface area (Å²) in [6, 6.07) is 14.9. The molecular formula is C19H21NO3S. The van der Waals surface area contributed by atoms with Crippen molar-refractivity contribution in [3.05, 3.63) is 65.2 Å². The average molecular weight is 343 g/mol. The minimum Gasteiger partial charge on any atom is -0.462 e. The molecule has 0 aromatic heterocycles. The van der Waals surface area contributed by atoms with Gasteiger partial charge >= 0.3 is 5.97 Å². The van der Waals surface area contributed by atoms with Gasteiger partial charge < -0.3 is 10.1 Å². The number of hydrogen-bond acceptors (Lipinski definition) is 4. The van der Waals surface area contributed by atoms with Crippen LogP contribution in [0.1, 0.15) is 28.4 Å². The smallest absolute Gasteiger partial charge is 0.338 e. The van der Waals surface area contributed by atoms with E-state index in [4.69, 9.17) is 4.74 Å². The maximum Gasteiger partial charge on any atom is 0.338 e. The van der Waals surface area contributed by atoms with Crippen molar-refractivity contribution in [2.75, 3.05) is 17.7 Å². The van der Waals surface area contributed by atoms with Crippen molar-refractivity contribution >= 4 is 29.3 Å². The molecule has 0 aliphatic rings. The molecule has 126 valence electrons. The maximum atomic E-state index is 12.0. The molecule has 24 heavy (non-hydrogen) atoms. The van der Waals surface area contributed by atoms with Gasteiger partial charge in [0.1, 0.15) is 0 Å². The van der Waals surface area contributed by atoms with Crippen LogP contribution >= 0.6 is 11.8 Å². The first-order valence-corrected chi connectivity index (χ1v) is 8.95. The second kappa shape index (κ2) is 9.13. The zero-order valence-corrected chi connectivity index (χ0v) is 14.7. The van der Waals surface area contributed by atoms with E-state index in [1.165, 1.54) is 11.1 Å². The summed E-state index contributed by atoms with van der Waals surface area (Å²) in [5.74, 6) is 0.775. The van der Waals surface area contributed by atoms with Crippen LogP contribution in [-0.2, 0) is 15.3 Å². The van der Waals surface area contributed by atoms with Crippen molar-refractivity contribution in [3.8, 4) is 0 Å². The molecule has 1 N–H and O–H groups in total. The van der Waals surface area contributed by atoms with Crippen molar-refractivity contribution < 1.29 is 14.3 Å². The van der Waals surface area contributed by atoms with Crippen LogP contribution in [0.2, 0.25) is 0 Å². The van der Waals surface area contributed by atoms with Gasteiger partial charge in [0.25, 0.3) is 0 Å². The van der Waals surface area contributed by atoms with Crippen molar-refractivity contribution in [1.29, 1.82) is 0 Å². The molecule has 2 aromatic rings. The zero-order chi connectivity index (χ0) is 17.4. The van der Waals surface area contributed by atoms with Crippen molar-refractivity contribution in [3.63, 3.8) is 0 Å². The lowest BCUT2D eigenvalue weighted by Crippen LogP contribution is -2.14. The Bertz CT molecular complexity index is 698. The quantitative estimate of drug-likeness (QED) is 0.771. The van der Waals surface area contributed by atoms with E-state index in [-0.39, 0.29) is 11.9 Å². The Morgan fingerprint density at radius 1 is 1.08 bits per heavy atom. The second-order valence-corrected chi connectivity index (χ2v) is 6.25. The lowest BCUT2D eigenvalue weighted by molar-refractivity contribution is -0.113. The van der Waals surface area contributed by atoms with E-state index in [1.54, 1.807) is 43.0 Å². The van der Waals surface area contributed by atoms with Crippen LogP contribution in [0.3, 0.4) is 0 Å². The van der Waals surface area contributed by atoms with Crippen LogP contribution in [0.5, 0.6) is 0 Å². The normalized spacial score (nSPS) is 10.2. The van der Waals surface area contributed by atoms with Gasteiger partial charge in [0.2, 0.25) is 5.91 Å². The summed E-state index contributed by atoms with van der Waals surface area (Å²) < 4.78 is 4.92. The first-order valence-electron chi connectivity index (χ1n) is 7.79. The Morgan fingerprint density at radius 2 is 1.79 bits per heavy atom. The third-order valence-corrected chi connectivity index (χ3v) is 4.41. The lowest BCUT2D eigenvalue weighted by Gasteiger charge is -2.07. The fourth-order valence-corrected chi connectivity index (χ4v) is 3.03. The number of aryl methyl sites for hydroxylation is 1.